The summed E-state index contributed by atoms with van der Waals surface area (Å²) in [6.45, 7) is 0. The summed E-state index contributed by atoms with van der Waals surface area (Å²) in [4.78, 5) is 14.4. The topological polar surface area (TPSA) is 83.0 Å². The summed E-state index contributed by atoms with van der Waals surface area (Å²) < 4.78 is 0. The van der Waals surface area contributed by atoms with Crippen LogP contribution in [0.25, 0.3) is 0 Å². The zero-order valence-electron chi connectivity index (χ0n) is 8.59. The molecule has 0 fully saturated rings. The normalized spacial score (nSPS) is 10.6. The predicted octanol–water partition coefficient (Wildman–Crippen LogP) is 1.26. The second-order valence-electron chi connectivity index (χ2n) is 3.10. The average molecular weight is 250 g/mol. The van der Waals surface area contributed by atoms with Crippen molar-refractivity contribution in [2.75, 3.05) is 5.43 Å². The van der Waals surface area contributed by atoms with Crippen molar-refractivity contribution < 1.29 is 0 Å². The van der Waals surface area contributed by atoms with Gasteiger partial charge in [-0.05, 0) is 17.7 Å². The molecule has 17 heavy (non-hydrogen) atoms. The number of rotatable bonds is 3. The van der Waals surface area contributed by atoms with Gasteiger partial charge in [-0.1, -0.05) is 23.7 Å². The molecule has 0 aliphatic heterocycles. The van der Waals surface area contributed by atoms with Crippen LogP contribution in [0.3, 0.4) is 0 Å². The van der Waals surface area contributed by atoms with Crippen molar-refractivity contribution >= 4 is 23.6 Å². The van der Waals surface area contributed by atoms with Crippen LogP contribution in [0.4, 0.5) is 5.82 Å². The first-order valence-electron chi connectivity index (χ1n) is 4.70. The molecule has 0 aliphatic carbocycles. The number of nitrogens with zero attached hydrogens (tertiary/aromatic N) is 3. The number of aromatic amines is 1. The Kier molecular flexibility index (Phi) is 3.46. The summed E-state index contributed by atoms with van der Waals surface area (Å²) in [7, 11) is 0. The molecule has 86 valence electrons. The van der Waals surface area contributed by atoms with Gasteiger partial charge in [0, 0.05) is 5.02 Å². The van der Waals surface area contributed by atoms with Crippen molar-refractivity contribution in [2.24, 2.45) is 5.10 Å². The molecular formula is C10H8ClN5O. The van der Waals surface area contributed by atoms with Crippen LogP contribution in [-0.4, -0.2) is 21.4 Å². The Hall–Kier alpha value is -2.21. The fraction of sp³-hybridized carbons (Fsp3) is 0. The van der Waals surface area contributed by atoms with Crippen LogP contribution in [0.2, 0.25) is 5.02 Å². The molecule has 0 spiro atoms. The molecule has 0 atom stereocenters. The van der Waals surface area contributed by atoms with Crippen LogP contribution in [-0.2, 0) is 0 Å². The number of hydrogen-bond donors (Lipinski definition) is 2. The average Bonchev–Trinajstić information content (AvgIpc) is 2.29. The Labute approximate surface area is 101 Å². The summed E-state index contributed by atoms with van der Waals surface area (Å²) in [6, 6.07) is 7.20. The quantitative estimate of drug-likeness (QED) is 0.634. The summed E-state index contributed by atoms with van der Waals surface area (Å²) in [5.74, 6) is 0.270. The largest absolute Gasteiger partial charge is 0.363 e. The van der Waals surface area contributed by atoms with E-state index in [-0.39, 0.29) is 5.82 Å². The highest BCUT2D eigenvalue weighted by Gasteiger charge is 1.92. The first kappa shape index (κ1) is 11.3. The van der Waals surface area contributed by atoms with Gasteiger partial charge in [0.25, 0.3) is 0 Å². The van der Waals surface area contributed by atoms with E-state index in [1.807, 2.05) is 12.1 Å². The lowest BCUT2D eigenvalue weighted by atomic mass is 10.2. The van der Waals surface area contributed by atoms with Gasteiger partial charge in [-0.25, -0.2) is 9.89 Å². The van der Waals surface area contributed by atoms with Crippen LogP contribution < -0.4 is 11.1 Å². The van der Waals surface area contributed by atoms with Gasteiger partial charge in [-0.3, -0.25) is 5.43 Å². The van der Waals surface area contributed by atoms with Crippen molar-refractivity contribution in [1.29, 1.82) is 0 Å². The molecular weight excluding hydrogens is 242 g/mol. The molecule has 2 rings (SSSR count). The standard InChI is InChI=1S/C10H8ClN5O/c11-8-3-1-2-7(4-8)5-12-15-9-6-13-16-10(17)14-9/h1-6H,(H2,14,15,16,17). The SMILES string of the molecule is O=c1nc(NN=Cc2cccc(Cl)c2)cn[nH]1. The van der Waals surface area contributed by atoms with Crippen LogP contribution >= 0.6 is 11.6 Å². The van der Waals surface area contributed by atoms with E-state index in [0.717, 1.165) is 5.56 Å². The van der Waals surface area contributed by atoms with Gasteiger partial charge >= 0.3 is 5.69 Å². The summed E-state index contributed by atoms with van der Waals surface area (Å²) in [5, 5.41) is 10.3. The predicted molar refractivity (Wildman–Crippen MR) is 65.3 cm³/mol. The highest BCUT2D eigenvalue weighted by Crippen LogP contribution is 2.08. The molecule has 7 heteroatoms. The Bertz CT molecular complexity index is 595. The molecule has 0 saturated carbocycles. The van der Waals surface area contributed by atoms with Gasteiger partial charge in [0.05, 0.1) is 12.4 Å². The van der Waals surface area contributed by atoms with Gasteiger partial charge in [0.1, 0.15) is 0 Å². The van der Waals surface area contributed by atoms with E-state index >= 15 is 0 Å². The summed E-state index contributed by atoms with van der Waals surface area (Å²) in [6.07, 6.45) is 2.92. The first-order valence-corrected chi connectivity index (χ1v) is 5.08. The molecule has 0 saturated heterocycles. The minimum Gasteiger partial charge on any atom is -0.260 e. The Morgan fingerprint density at radius 2 is 2.35 bits per heavy atom. The second kappa shape index (κ2) is 5.22. The monoisotopic (exact) mass is 249 g/mol. The zero-order valence-corrected chi connectivity index (χ0v) is 9.35. The molecule has 1 aromatic heterocycles. The summed E-state index contributed by atoms with van der Waals surface area (Å²) in [5.41, 5.74) is 2.89. The van der Waals surface area contributed by atoms with Crippen molar-refractivity contribution in [3.63, 3.8) is 0 Å². The van der Waals surface area contributed by atoms with Crippen LogP contribution in [0.5, 0.6) is 0 Å². The van der Waals surface area contributed by atoms with Gasteiger partial charge < -0.3 is 0 Å². The Balaban J connectivity index is 2.05. The third-order valence-corrected chi connectivity index (χ3v) is 2.05. The number of anilines is 1. The maximum absolute atomic E-state index is 10.8. The lowest BCUT2D eigenvalue weighted by molar-refractivity contribution is 0.913. The highest BCUT2D eigenvalue weighted by molar-refractivity contribution is 6.30. The van der Waals surface area contributed by atoms with Crippen molar-refractivity contribution in [2.45, 2.75) is 0 Å². The Morgan fingerprint density at radius 3 is 3.12 bits per heavy atom. The van der Waals surface area contributed by atoms with E-state index in [0.29, 0.717) is 5.02 Å². The molecule has 6 nitrogen and oxygen atoms in total. The van der Waals surface area contributed by atoms with Crippen molar-refractivity contribution in [3.8, 4) is 0 Å². The maximum atomic E-state index is 10.8. The minimum absolute atomic E-state index is 0.270. The van der Waals surface area contributed by atoms with Crippen LogP contribution in [0.15, 0.2) is 40.4 Å². The molecule has 0 radical (unpaired) electrons. The fourth-order valence-corrected chi connectivity index (χ4v) is 1.32. The summed E-state index contributed by atoms with van der Waals surface area (Å²) >= 11 is 5.81. The van der Waals surface area contributed by atoms with E-state index in [9.17, 15) is 4.79 Å². The van der Waals surface area contributed by atoms with Gasteiger partial charge in [0.2, 0.25) is 0 Å². The number of aromatic nitrogens is 3. The zero-order chi connectivity index (χ0) is 12.1. The number of hydrazone groups is 1. The molecule has 2 aromatic rings. The van der Waals surface area contributed by atoms with Crippen molar-refractivity contribution in [1.82, 2.24) is 15.2 Å². The number of nitrogens with one attached hydrogen (secondary N) is 2. The van der Waals surface area contributed by atoms with Crippen molar-refractivity contribution in [3.05, 3.63) is 51.5 Å². The van der Waals surface area contributed by atoms with E-state index < -0.39 is 5.69 Å². The molecule has 2 N–H and O–H groups in total. The highest BCUT2D eigenvalue weighted by atomic mass is 35.5. The lowest BCUT2D eigenvalue weighted by Crippen LogP contribution is -2.13. The van der Waals surface area contributed by atoms with Gasteiger partial charge in [0.15, 0.2) is 5.82 Å². The molecule has 0 bridgehead atoms. The second-order valence-corrected chi connectivity index (χ2v) is 3.53. The van der Waals surface area contributed by atoms with Gasteiger partial charge in [-0.15, -0.1) is 0 Å². The molecule has 0 amide bonds. The lowest BCUT2D eigenvalue weighted by Gasteiger charge is -1.96. The van der Waals surface area contributed by atoms with Crippen LogP contribution in [0, 0.1) is 0 Å². The Morgan fingerprint density at radius 1 is 1.47 bits per heavy atom. The van der Waals surface area contributed by atoms with E-state index in [2.05, 4.69) is 25.7 Å². The third kappa shape index (κ3) is 3.39. The molecule has 1 aromatic carbocycles. The molecule has 0 unspecified atom stereocenters. The first-order chi connectivity index (χ1) is 8.24. The van der Waals surface area contributed by atoms with E-state index in [1.165, 1.54) is 6.20 Å². The minimum atomic E-state index is -0.534. The number of benzene rings is 1. The number of halogens is 1. The molecule has 0 aliphatic rings. The van der Waals surface area contributed by atoms with E-state index in [1.54, 1.807) is 18.3 Å². The molecule has 1 heterocycles. The number of hydrogen-bond acceptors (Lipinski definition) is 5. The van der Waals surface area contributed by atoms with Crippen LogP contribution in [0.1, 0.15) is 5.56 Å². The van der Waals surface area contributed by atoms with E-state index in [4.69, 9.17) is 11.6 Å². The smallest absolute Gasteiger partial charge is 0.260 e. The fourth-order valence-electron chi connectivity index (χ4n) is 1.13. The maximum Gasteiger partial charge on any atom is 0.363 e. The number of H-pyrrole nitrogens is 1. The van der Waals surface area contributed by atoms with Gasteiger partial charge in [-0.2, -0.15) is 15.2 Å². The third-order valence-electron chi connectivity index (χ3n) is 1.81.